The summed E-state index contributed by atoms with van der Waals surface area (Å²) in [5.41, 5.74) is 10.2. The molecule has 0 bridgehead atoms. The minimum absolute atomic E-state index is 0.569. The van der Waals surface area contributed by atoms with Gasteiger partial charge in [-0.1, -0.05) is 19.1 Å². The lowest BCUT2D eigenvalue weighted by atomic mass is 10.1. The Labute approximate surface area is 114 Å². The molecule has 0 aliphatic carbocycles. The number of nitrogens with two attached hydrogens (primary N) is 1. The molecular formula is C15H21N3O. The molecule has 0 saturated heterocycles. The Kier molecular flexibility index (Phi) is 4.10. The Hall–Kier alpha value is -1.97. The van der Waals surface area contributed by atoms with Gasteiger partial charge in [-0.2, -0.15) is 5.10 Å². The molecule has 0 radical (unpaired) electrons. The summed E-state index contributed by atoms with van der Waals surface area (Å²) in [5, 5.41) is 4.54. The molecule has 1 aromatic heterocycles. The molecule has 102 valence electrons. The Morgan fingerprint density at radius 1 is 1.26 bits per heavy atom. The average Bonchev–Trinajstić information content (AvgIpc) is 2.66. The zero-order chi connectivity index (χ0) is 13.8. The lowest BCUT2D eigenvalue weighted by molar-refractivity contribution is 0.291. The van der Waals surface area contributed by atoms with Crippen LogP contribution in [-0.2, 0) is 13.0 Å². The Morgan fingerprint density at radius 2 is 2.00 bits per heavy atom. The Balaban J connectivity index is 1.98. The summed E-state index contributed by atoms with van der Waals surface area (Å²) in [6, 6.07) is 7.54. The van der Waals surface area contributed by atoms with Crippen molar-refractivity contribution in [3.63, 3.8) is 0 Å². The van der Waals surface area contributed by atoms with Gasteiger partial charge in [-0.25, -0.2) is 0 Å². The molecule has 0 unspecified atom stereocenters. The first-order valence-electron chi connectivity index (χ1n) is 6.63. The number of benzene rings is 1. The van der Waals surface area contributed by atoms with E-state index >= 15 is 0 Å². The summed E-state index contributed by atoms with van der Waals surface area (Å²) in [7, 11) is 0. The van der Waals surface area contributed by atoms with E-state index in [1.54, 1.807) is 0 Å². The molecule has 1 aromatic carbocycles. The highest BCUT2D eigenvalue weighted by Gasteiger charge is 2.09. The minimum atomic E-state index is 0.569. The number of para-hydroxylation sites is 2. The van der Waals surface area contributed by atoms with Crippen molar-refractivity contribution in [2.75, 3.05) is 12.3 Å². The first-order valence-corrected chi connectivity index (χ1v) is 6.63. The highest BCUT2D eigenvalue weighted by atomic mass is 16.5. The van der Waals surface area contributed by atoms with E-state index in [4.69, 9.17) is 10.5 Å². The summed E-state index contributed by atoms with van der Waals surface area (Å²) in [6.45, 7) is 7.62. The predicted molar refractivity (Wildman–Crippen MR) is 77.4 cm³/mol. The van der Waals surface area contributed by atoms with Crippen LogP contribution in [0.2, 0.25) is 0 Å². The van der Waals surface area contributed by atoms with Crippen molar-refractivity contribution in [1.82, 2.24) is 9.78 Å². The van der Waals surface area contributed by atoms with Gasteiger partial charge in [-0.3, -0.25) is 4.68 Å². The average molecular weight is 259 g/mol. The summed E-state index contributed by atoms with van der Waals surface area (Å²) in [6.07, 6.45) is 1.02. The molecule has 19 heavy (non-hydrogen) atoms. The number of anilines is 1. The fourth-order valence-electron chi connectivity index (χ4n) is 2.32. The monoisotopic (exact) mass is 259 g/mol. The van der Waals surface area contributed by atoms with Gasteiger partial charge in [0.1, 0.15) is 12.4 Å². The smallest absolute Gasteiger partial charge is 0.142 e. The summed E-state index contributed by atoms with van der Waals surface area (Å²) >= 11 is 0. The maximum atomic E-state index is 5.83. The maximum Gasteiger partial charge on any atom is 0.142 e. The molecule has 1 heterocycles. The van der Waals surface area contributed by atoms with Crippen LogP contribution in [0.4, 0.5) is 5.69 Å². The number of hydrogen-bond donors (Lipinski definition) is 1. The van der Waals surface area contributed by atoms with Crippen LogP contribution in [0, 0.1) is 13.8 Å². The third-order valence-corrected chi connectivity index (χ3v) is 3.36. The van der Waals surface area contributed by atoms with Crippen molar-refractivity contribution in [2.24, 2.45) is 0 Å². The predicted octanol–water partition coefficient (Wildman–Crippen LogP) is 2.72. The number of ether oxygens (including phenoxy) is 1. The van der Waals surface area contributed by atoms with Gasteiger partial charge in [0.15, 0.2) is 0 Å². The van der Waals surface area contributed by atoms with Gasteiger partial charge in [-0.15, -0.1) is 0 Å². The van der Waals surface area contributed by atoms with Gasteiger partial charge in [0.05, 0.1) is 17.9 Å². The van der Waals surface area contributed by atoms with Crippen molar-refractivity contribution in [3.05, 3.63) is 41.2 Å². The van der Waals surface area contributed by atoms with Crippen molar-refractivity contribution < 1.29 is 4.74 Å². The highest BCUT2D eigenvalue weighted by Crippen LogP contribution is 2.20. The van der Waals surface area contributed by atoms with Crippen molar-refractivity contribution in [1.29, 1.82) is 0 Å². The molecule has 4 nitrogen and oxygen atoms in total. The van der Waals surface area contributed by atoms with Crippen molar-refractivity contribution in [3.8, 4) is 5.75 Å². The molecule has 0 saturated carbocycles. The number of nitrogen functional groups attached to an aromatic ring is 1. The Morgan fingerprint density at radius 3 is 2.63 bits per heavy atom. The van der Waals surface area contributed by atoms with Crippen LogP contribution in [0.15, 0.2) is 24.3 Å². The molecule has 0 aliphatic rings. The molecule has 0 fully saturated rings. The lowest BCUT2D eigenvalue weighted by Gasteiger charge is -2.09. The van der Waals surface area contributed by atoms with E-state index in [2.05, 4.69) is 25.9 Å². The second-order valence-corrected chi connectivity index (χ2v) is 4.61. The van der Waals surface area contributed by atoms with E-state index < -0.39 is 0 Å². The van der Waals surface area contributed by atoms with Crippen LogP contribution in [0.5, 0.6) is 5.75 Å². The second-order valence-electron chi connectivity index (χ2n) is 4.61. The van der Waals surface area contributed by atoms with E-state index in [1.165, 1.54) is 11.3 Å². The lowest BCUT2D eigenvalue weighted by Crippen LogP contribution is -2.11. The number of nitrogens with zero attached hydrogens (tertiary/aromatic N) is 2. The molecule has 0 aliphatic heterocycles. The van der Waals surface area contributed by atoms with Crippen LogP contribution >= 0.6 is 0 Å². The van der Waals surface area contributed by atoms with E-state index in [9.17, 15) is 0 Å². The van der Waals surface area contributed by atoms with Crippen LogP contribution < -0.4 is 10.5 Å². The van der Waals surface area contributed by atoms with Crippen LogP contribution in [0.1, 0.15) is 23.9 Å². The first-order chi connectivity index (χ1) is 9.13. The zero-order valence-electron chi connectivity index (χ0n) is 11.8. The first kappa shape index (κ1) is 13.5. The SMILES string of the molecule is CCc1c(C)nn(CCOc2ccccc2N)c1C. The van der Waals surface area contributed by atoms with Gasteiger partial charge in [0, 0.05) is 5.69 Å². The van der Waals surface area contributed by atoms with Crippen molar-refractivity contribution in [2.45, 2.75) is 33.7 Å². The van der Waals surface area contributed by atoms with Gasteiger partial charge in [0.25, 0.3) is 0 Å². The second kappa shape index (κ2) is 5.78. The normalized spacial score (nSPS) is 10.7. The fraction of sp³-hybridized carbons (Fsp3) is 0.400. The molecule has 2 aromatic rings. The maximum absolute atomic E-state index is 5.83. The van der Waals surface area contributed by atoms with E-state index in [-0.39, 0.29) is 0 Å². The number of hydrogen-bond acceptors (Lipinski definition) is 3. The number of aryl methyl sites for hydroxylation is 1. The third-order valence-electron chi connectivity index (χ3n) is 3.36. The molecule has 4 heteroatoms. The van der Waals surface area contributed by atoms with E-state index in [0.717, 1.165) is 24.4 Å². The third kappa shape index (κ3) is 2.89. The van der Waals surface area contributed by atoms with Crippen LogP contribution in [0.3, 0.4) is 0 Å². The number of aromatic nitrogens is 2. The molecule has 0 amide bonds. The van der Waals surface area contributed by atoms with Gasteiger partial charge in [-0.05, 0) is 38.0 Å². The highest BCUT2D eigenvalue weighted by molar-refractivity contribution is 5.51. The summed E-state index contributed by atoms with van der Waals surface area (Å²) in [4.78, 5) is 0. The van der Waals surface area contributed by atoms with Crippen LogP contribution in [0.25, 0.3) is 0 Å². The van der Waals surface area contributed by atoms with Crippen LogP contribution in [-0.4, -0.2) is 16.4 Å². The fourth-order valence-corrected chi connectivity index (χ4v) is 2.32. The van der Waals surface area contributed by atoms with Gasteiger partial charge >= 0.3 is 0 Å². The van der Waals surface area contributed by atoms with Gasteiger partial charge < -0.3 is 10.5 Å². The number of rotatable bonds is 5. The largest absolute Gasteiger partial charge is 0.490 e. The molecule has 0 atom stereocenters. The molecule has 0 spiro atoms. The molecule has 2 rings (SSSR count). The Bertz CT molecular complexity index is 561. The topological polar surface area (TPSA) is 53.1 Å². The van der Waals surface area contributed by atoms with E-state index in [1.807, 2.05) is 28.9 Å². The quantitative estimate of drug-likeness (QED) is 0.840. The molecule has 2 N–H and O–H groups in total. The van der Waals surface area contributed by atoms with E-state index in [0.29, 0.717) is 12.3 Å². The minimum Gasteiger partial charge on any atom is -0.490 e. The van der Waals surface area contributed by atoms with Gasteiger partial charge in [0.2, 0.25) is 0 Å². The summed E-state index contributed by atoms with van der Waals surface area (Å²) in [5.74, 6) is 0.736. The van der Waals surface area contributed by atoms with Crippen molar-refractivity contribution >= 4 is 5.69 Å². The molecular weight excluding hydrogens is 238 g/mol. The zero-order valence-corrected chi connectivity index (χ0v) is 11.8. The summed E-state index contributed by atoms with van der Waals surface area (Å²) < 4.78 is 7.70. The standard InChI is InChI=1S/C15H21N3O/c1-4-13-11(2)17-18(12(13)3)9-10-19-15-8-6-5-7-14(15)16/h5-8H,4,9-10,16H2,1-3H3.